The molecule has 2 N–H and O–H groups in total. The second kappa shape index (κ2) is 6.34. The first-order valence-corrected chi connectivity index (χ1v) is 6.17. The zero-order valence-electron chi connectivity index (χ0n) is 10.3. The molecule has 0 spiro atoms. The van der Waals surface area contributed by atoms with Gasteiger partial charge < -0.3 is 10.6 Å². The normalized spacial score (nSPS) is 10.2. The molecule has 6 heteroatoms. The van der Waals surface area contributed by atoms with Gasteiger partial charge in [0.05, 0.1) is 17.3 Å². The molecular weight excluding hydrogens is 286 g/mol. The summed E-state index contributed by atoms with van der Waals surface area (Å²) in [7, 11) is 0. The number of benzene rings is 2. The maximum Gasteiger partial charge on any atom is 0.243 e. The highest BCUT2D eigenvalue weighted by molar-refractivity contribution is 6.33. The molecule has 0 saturated heterocycles. The van der Waals surface area contributed by atoms with E-state index in [-0.39, 0.29) is 23.3 Å². The summed E-state index contributed by atoms with van der Waals surface area (Å²) >= 11 is 5.81. The molecule has 3 nitrogen and oxygen atoms in total. The number of hydrogen-bond acceptors (Lipinski definition) is 2. The molecule has 0 atom stereocenters. The van der Waals surface area contributed by atoms with Crippen LogP contribution in [-0.2, 0) is 4.79 Å². The zero-order valence-corrected chi connectivity index (χ0v) is 11.0. The number of carbonyl (C=O) groups is 1. The molecule has 0 aliphatic heterocycles. The van der Waals surface area contributed by atoms with Gasteiger partial charge in [-0.3, -0.25) is 4.79 Å². The Hall–Kier alpha value is -2.14. The van der Waals surface area contributed by atoms with Crippen molar-refractivity contribution in [2.24, 2.45) is 0 Å². The van der Waals surface area contributed by atoms with Crippen molar-refractivity contribution in [2.45, 2.75) is 0 Å². The van der Waals surface area contributed by atoms with Crippen LogP contribution in [0.5, 0.6) is 0 Å². The van der Waals surface area contributed by atoms with Crippen molar-refractivity contribution < 1.29 is 13.6 Å². The van der Waals surface area contributed by atoms with Gasteiger partial charge in [0.1, 0.15) is 11.6 Å². The molecule has 0 radical (unpaired) electrons. The summed E-state index contributed by atoms with van der Waals surface area (Å²) in [4.78, 5) is 11.7. The van der Waals surface area contributed by atoms with Crippen LogP contribution in [0.3, 0.4) is 0 Å². The summed E-state index contributed by atoms with van der Waals surface area (Å²) < 4.78 is 25.5. The van der Waals surface area contributed by atoms with E-state index in [1.165, 1.54) is 36.4 Å². The van der Waals surface area contributed by atoms with Crippen LogP contribution in [0, 0.1) is 11.6 Å². The van der Waals surface area contributed by atoms with Crippen LogP contribution in [0.25, 0.3) is 0 Å². The van der Waals surface area contributed by atoms with E-state index in [1.54, 1.807) is 0 Å². The van der Waals surface area contributed by atoms with Crippen LogP contribution in [0.2, 0.25) is 5.02 Å². The molecule has 20 heavy (non-hydrogen) atoms. The third-order valence-electron chi connectivity index (χ3n) is 2.50. The van der Waals surface area contributed by atoms with Crippen molar-refractivity contribution in [2.75, 3.05) is 17.2 Å². The fourth-order valence-electron chi connectivity index (χ4n) is 1.55. The Morgan fingerprint density at radius 2 is 1.70 bits per heavy atom. The molecule has 1 amide bonds. The number of hydrogen-bond donors (Lipinski definition) is 2. The van der Waals surface area contributed by atoms with Crippen molar-refractivity contribution in [3.8, 4) is 0 Å². The van der Waals surface area contributed by atoms with Gasteiger partial charge in [0.15, 0.2) is 0 Å². The van der Waals surface area contributed by atoms with Gasteiger partial charge in [0.25, 0.3) is 0 Å². The summed E-state index contributed by atoms with van der Waals surface area (Å²) in [6.07, 6.45) is 0. The molecule has 0 aliphatic carbocycles. The lowest BCUT2D eigenvalue weighted by Gasteiger charge is -2.09. The average molecular weight is 297 g/mol. The van der Waals surface area contributed by atoms with Gasteiger partial charge in [-0.25, -0.2) is 8.78 Å². The van der Waals surface area contributed by atoms with E-state index in [9.17, 15) is 13.6 Å². The maximum absolute atomic E-state index is 12.8. The van der Waals surface area contributed by atoms with Gasteiger partial charge in [-0.2, -0.15) is 0 Å². The Labute approximate surface area is 119 Å². The number of nitrogens with one attached hydrogen (secondary N) is 2. The largest absolute Gasteiger partial charge is 0.375 e. The minimum Gasteiger partial charge on any atom is -0.375 e. The fourth-order valence-corrected chi connectivity index (χ4v) is 1.78. The molecule has 2 aromatic rings. The molecule has 0 unspecified atom stereocenters. The highest BCUT2D eigenvalue weighted by Crippen LogP contribution is 2.22. The summed E-state index contributed by atoms with van der Waals surface area (Å²) in [5, 5.41) is 5.57. The summed E-state index contributed by atoms with van der Waals surface area (Å²) in [5.41, 5.74) is 0.950. The summed E-state index contributed by atoms with van der Waals surface area (Å²) in [5.74, 6) is -1.15. The average Bonchev–Trinajstić information content (AvgIpc) is 2.40. The third kappa shape index (κ3) is 3.93. The number of carbonyl (C=O) groups excluding carboxylic acids is 1. The van der Waals surface area contributed by atoms with Crippen LogP contribution >= 0.6 is 11.6 Å². The van der Waals surface area contributed by atoms with Crippen LogP contribution in [-0.4, -0.2) is 12.5 Å². The van der Waals surface area contributed by atoms with Crippen LogP contribution in [0.4, 0.5) is 20.2 Å². The predicted octanol–water partition coefficient (Wildman–Crippen LogP) is 3.67. The Balaban J connectivity index is 1.90. The Morgan fingerprint density at radius 3 is 2.35 bits per heavy atom. The number of rotatable bonds is 4. The molecule has 0 saturated carbocycles. The van der Waals surface area contributed by atoms with E-state index in [0.717, 1.165) is 6.07 Å². The quantitative estimate of drug-likeness (QED) is 0.904. The number of amides is 1. The first kappa shape index (κ1) is 14.3. The highest BCUT2D eigenvalue weighted by atomic mass is 35.5. The molecule has 0 aliphatic rings. The van der Waals surface area contributed by atoms with E-state index in [1.807, 2.05) is 0 Å². The van der Waals surface area contributed by atoms with Crippen molar-refractivity contribution in [1.82, 2.24) is 0 Å². The van der Waals surface area contributed by atoms with Crippen LogP contribution < -0.4 is 10.6 Å². The lowest BCUT2D eigenvalue weighted by molar-refractivity contribution is -0.114. The van der Waals surface area contributed by atoms with Gasteiger partial charge in [-0.1, -0.05) is 11.6 Å². The van der Waals surface area contributed by atoms with Gasteiger partial charge in [0, 0.05) is 5.69 Å². The Bertz CT molecular complexity index is 617. The van der Waals surface area contributed by atoms with Crippen molar-refractivity contribution in [3.63, 3.8) is 0 Å². The molecule has 0 bridgehead atoms. The Kier molecular flexibility index (Phi) is 4.53. The predicted molar refractivity (Wildman–Crippen MR) is 74.9 cm³/mol. The smallest absolute Gasteiger partial charge is 0.243 e. The van der Waals surface area contributed by atoms with E-state index in [2.05, 4.69) is 10.6 Å². The molecule has 0 aromatic heterocycles. The van der Waals surface area contributed by atoms with Crippen molar-refractivity contribution in [1.29, 1.82) is 0 Å². The minimum absolute atomic E-state index is 0.0390. The fraction of sp³-hybridized carbons (Fsp3) is 0.0714. The van der Waals surface area contributed by atoms with E-state index >= 15 is 0 Å². The lowest BCUT2D eigenvalue weighted by atomic mass is 10.3. The number of halogens is 3. The van der Waals surface area contributed by atoms with Crippen molar-refractivity contribution in [3.05, 3.63) is 59.1 Å². The Morgan fingerprint density at radius 1 is 1.05 bits per heavy atom. The molecule has 2 rings (SSSR count). The highest BCUT2D eigenvalue weighted by Gasteiger charge is 2.05. The molecule has 0 fully saturated rings. The molecular formula is C14H11ClF2N2O. The van der Waals surface area contributed by atoms with Gasteiger partial charge in [-0.15, -0.1) is 0 Å². The van der Waals surface area contributed by atoms with Crippen LogP contribution in [0.1, 0.15) is 0 Å². The second-order valence-electron chi connectivity index (χ2n) is 4.03. The monoisotopic (exact) mass is 296 g/mol. The lowest BCUT2D eigenvalue weighted by Crippen LogP contribution is -2.21. The minimum atomic E-state index is -0.448. The summed E-state index contributed by atoms with van der Waals surface area (Å²) in [6.45, 7) is -0.0390. The van der Waals surface area contributed by atoms with E-state index in [0.29, 0.717) is 11.4 Å². The van der Waals surface area contributed by atoms with Gasteiger partial charge >= 0.3 is 0 Å². The van der Waals surface area contributed by atoms with Crippen molar-refractivity contribution >= 4 is 28.9 Å². The first-order valence-electron chi connectivity index (χ1n) is 5.79. The van der Waals surface area contributed by atoms with Crippen LogP contribution in [0.15, 0.2) is 42.5 Å². The summed E-state index contributed by atoms with van der Waals surface area (Å²) in [6, 6.07) is 9.26. The number of anilines is 2. The third-order valence-corrected chi connectivity index (χ3v) is 2.81. The zero-order chi connectivity index (χ0) is 14.5. The van der Waals surface area contributed by atoms with E-state index in [4.69, 9.17) is 11.6 Å². The standard InChI is InChI=1S/C14H11ClF2N2O/c15-12-7-10(17)3-6-13(12)18-8-14(20)19-11-4-1-9(16)2-5-11/h1-7,18H,8H2,(H,19,20). The molecule has 2 aromatic carbocycles. The second-order valence-corrected chi connectivity index (χ2v) is 4.44. The molecule has 104 valence electrons. The topological polar surface area (TPSA) is 41.1 Å². The van der Waals surface area contributed by atoms with Gasteiger partial charge in [-0.05, 0) is 42.5 Å². The van der Waals surface area contributed by atoms with Gasteiger partial charge in [0.2, 0.25) is 5.91 Å². The van der Waals surface area contributed by atoms with E-state index < -0.39 is 5.82 Å². The SMILES string of the molecule is O=C(CNc1ccc(F)cc1Cl)Nc1ccc(F)cc1. The first-order chi connectivity index (χ1) is 9.54. The molecule has 0 heterocycles. The maximum atomic E-state index is 12.8.